The van der Waals surface area contributed by atoms with E-state index in [1.807, 2.05) is 18.7 Å². The topological polar surface area (TPSA) is 35.6 Å². The molecule has 0 aliphatic carbocycles. The Hall–Kier alpha value is -0.610. The van der Waals surface area contributed by atoms with Gasteiger partial charge in [0.25, 0.3) is 0 Å². The molecule has 0 bridgehead atoms. The molecule has 0 aromatic carbocycles. The number of likely N-dealkylation sites (N-methyl/N-ethyl adjacent to an activating group) is 1. The molecule has 2 fully saturated rings. The maximum atomic E-state index is 11.9. The van der Waals surface area contributed by atoms with E-state index in [0.717, 1.165) is 51.1 Å². The van der Waals surface area contributed by atoms with Crippen LogP contribution in [0.3, 0.4) is 0 Å². The summed E-state index contributed by atoms with van der Waals surface area (Å²) in [5.74, 6) is 1.85. The van der Waals surface area contributed by atoms with Gasteiger partial charge < -0.3 is 10.2 Å². The molecular formula is C12H23N3O. The Kier molecular flexibility index (Phi) is 3.82. The van der Waals surface area contributed by atoms with E-state index in [-0.39, 0.29) is 5.91 Å². The number of nitrogens with one attached hydrogen (secondary N) is 1. The highest BCUT2D eigenvalue weighted by Gasteiger charge is 2.36. The van der Waals surface area contributed by atoms with Gasteiger partial charge in [0.15, 0.2) is 0 Å². The zero-order valence-corrected chi connectivity index (χ0v) is 10.4. The van der Waals surface area contributed by atoms with E-state index in [4.69, 9.17) is 0 Å². The van der Waals surface area contributed by atoms with Crippen LogP contribution >= 0.6 is 0 Å². The van der Waals surface area contributed by atoms with E-state index >= 15 is 0 Å². The van der Waals surface area contributed by atoms with E-state index in [1.54, 1.807) is 0 Å². The van der Waals surface area contributed by atoms with Crippen molar-refractivity contribution in [2.75, 3.05) is 45.8 Å². The number of hydrogen-bond donors (Lipinski definition) is 1. The van der Waals surface area contributed by atoms with Gasteiger partial charge in [0.05, 0.1) is 6.54 Å². The first-order valence-electron chi connectivity index (χ1n) is 6.45. The van der Waals surface area contributed by atoms with Crippen LogP contribution in [0, 0.1) is 11.8 Å². The molecule has 0 aromatic heterocycles. The lowest BCUT2D eigenvalue weighted by Gasteiger charge is -2.23. The molecule has 2 saturated heterocycles. The molecule has 2 heterocycles. The van der Waals surface area contributed by atoms with E-state index < -0.39 is 0 Å². The van der Waals surface area contributed by atoms with Crippen molar-refractivity contribution in [3.63, 3.8) is 0 Å². The van der Waals surface area contributed by atoms with Crippen LogP contribution in [0.25, 0.3) is 0 Å². The summed E-state index contributed by atoms with van der Waals surface area (Å²) in [6.45, 7) is 10.9. The predicted molar refractivity (Wildman–Crippen MR) is 64.2 cm³/mol. The van der Waals surface area contributed by atoms with Crippen LogP contribution in [0.2, 0.25) is 0 Å². The molecule has 1 amide bonds. The number of hydrogen-bond acceptors (Lipinski definition) is 3. The van der Waals surface area contributed by atoms with Crippen LogP contribution < -0.4 is 5.32 Å². The van der Waals surface area contributed by atoms with Gasteiger partial charge in [0, 0.05) is 26.2 Å². The number of rotatable bonds is 4. The van der Waals surface area contributed by atoms with E-state index in [2.05, 4.69) is 10.2 Å². The fourth-order valence-corrected chi connectivity index (χ4v) is 2.95. The number of nitrogens with zero attached hydrogens (tertiary/aromatic N) is 2. The SMILES string of the molecule is CCN(CC)C(=O)CN1CC2CNCC2C1. The number of amides is 1. The lowest BCUT2D eigenvalue weighted by atomic mass is 10.0. The molecular weight excluding hydrogens is 202 g/mol. The van der Waals surface area contributed by atoms with Crippen molar-refractivity contribution in [2.24, 2.45) is 11.8 Å². The third-order valence-electron chi connectivity index (χ3n) is 3.94. The van der Waals surface area contributed by atoms with Gasteiger partial charge in [-0.15, -0.1) is 0 Å². The Morgan fingerprint density at radius 1 is 1.25 bits per heavy atom. The molecule has 16 heavy (non-hydrogen) atoms. The van der Waals surface area contributed by atoms with Gasteiger partial charge >= 0.3 is 0 Å². The minimum atomic E-state index is 0.290. The molecule has 2 unspecified atom stereocenters. The normalized spacial score (nSPS) is 29.4. The van der Waals surface area contributed by atoms with Crippen LogP contribution in [-0.4, -0.2) is 61.5 Å². The van der Waals surface area contributed by atoms with Crippen molar-refractivity contribution < 1.29 is 4.79 Å². The maximum absolute atomic E-state index is 11.9. The number of fused-ring (bicyclic) bond motifs is 1. The summed E-state index contributed by atoms with van der Waals surface area (Å²) in [5, 5.41) is 3.42. The monoisotopic (exact) mass is 225 g/mol. The minimum absolute atomic E-state index is 0.290. The standard InChI is InChI=1S/C12H23N3O/c1-3-15(4-2)12(16)9-14-7-10-5-13-6-11(10)8-14/h10-11,13H,3-9H2,1-2H3. The van der Waals surface area contributed by atoms with Crippen LogP contribution in [-0.2, 0) is 4.79 Å². The molecule has 4 nitrogen and oxygen atoms in total. The third kappa shape index (κ3) is 2.38. The molecule has 0 aromatic rings. The zero-order chi connectivity index (χ0) is 11.5. The van der Waals surface area contributed by atoms with Gasteiger partial charge in [-0.1, -0.05) is 0 Å². The molecule has 0 saturated carbocycles. The summed E-state index contributed by atoms with van der Waals surface area (Å²) >= 11 is 0. The van der Waals surface area contributed by atoms with Crippen molar-refractivity contribution in [2.45, 2.75) is 13.8 Å². The third-order valence-corrected chi connectivity index (χ3v) is 3.94. The van der Waals surface area contributed by atoms with Gasteiger partial charge in [-0.05, 0) is 38.8 Å². The Bertz CT molecular complexity index is 241. The summed E-state index contributed by atoms with van der Waals surface area (Å²) < 4.78 is 0. The van der Waals surface area contributed by atoms with Gasteiger partial charge in [-0.25, -0.2) is 0 Å². The van der Waals surface area contributed by atoms with Crippen LogP contribution in [0.4, 0.5) is 0 Å². The Balaban J connectivity index is 1.80. The van der Waals surface area contributed by atoms with Crippen molar-refractivity contribution in [1.82, 2.24) is 15.1 Å². The largest absolute Gasteiger partial charge is 0.342 e. The zero-order valence-electron chi connectivity index (χ0n) is 10.4. The van der Waals surface area contributed by atoms with Gasteiger partial charge in [0.2, 0.25) is 5.91 Å². The van der Waals surface area contributed by atoms with Crippen molar-refractivity contribution in [1.29, 1.82) is 0 Å². The fourth-order valence-electron chi connectivity index (χ4n) is 2.95. The van der Waals surface area contributed by atoms with Crippen LogP contribution in [0.15, 0.2) is 0 Å². The highest BCUT2D eigenvalue weighted by atomic mass is 16.2. The second kappa shape index (κ2) is 5.15. The summed E-state index contributed by atoms with van der Waals surface area (Å²) in [6.07, 6.45) is 0. The van der Waals surface area contributed by atoms with Gasteiger partial charge in [-0.2, -0.15) is 0 Å². The summed E-state index contributed by atoms with van der Waals surface area (Å²) in [7, 11) is 0. The van der Waals surface area contributed by atoms with Crippen LogP contribution in [0.1, 0.15) is 13.8 Å². The first-order valence-corrected chi connectivity index (χ1v) is 6.45. The predicted octanol–water partition coefficient (Wildman–Crippen LogP) is 0.00600. The molecule has 0 spiro atoms. The van der Waals surface area contributed by atoms with E-state index in [9.17, 15) is 4.79 Å². The number of likely N-dealkylation sites (tertiary alicyclic amines) is 1. The number of carbonyl (C=O) groups excluding carboxylic acids is 1. The molecule has 0 radical (unpaired) electrons. The second-order valence-corrected chi connectivity index (χ2v) is 4.94. The van der Waals surface area contributed by atoms with Crippen molar-refractivity contribution in [3.05, 3.63) is 0 Å². The number of carbonyl (C=O) groups is 1. The molecule has 92 valence electrons. The molecule has 4 heteroatoms. The Labute approximate surface area is 98.0 Å². The summed E-state index contributed by atoms with van der Waals surface area (Å²) in [6, 6.07) is 0. The molecule has 2 atom stereocenters. The highest BCUT2D eigenvalue weighted by molar-refractivity contribution is 5.78. The quantitative estimate of drug-likeness (QED) is 0.732. The van der Waals surface area contributed by atoms with E-state index in [1.165, 1.54) is 0 Å². The first kappa shape index (κ1) is 11.9. The average Bonchev–Trinajstić information content (AvgIpc) is 2.79. The highest BCUT2D eigenvalue weighted by Crippen LogP contribution is 2.25. The molecule has 1 N–H and O–H groups in total. The molecule has 2 aliphatic rings. The van der Waals surface area contributed by atoms with Crippen molar-refractivity contribution >= 4 is 5.91 Å². The minimum Gasteiger partial charge on any atom is -0.342 e. The van der Waals surface area contributed by atoms with Gasteiger partial charge in [0.1, 0.15) is 0 Å². The molecule has 2 aliphatic heterocycles. The van der Waals surface area contributed by atoms with Crippen molar-refractivity contribution in [3.8, 4) is 0 Å². The lowest BCUT2D eigenvalue weighted by Crippen LogP contribution is -2.40. The van der Waals surface area contributed by atoms with Gasteiger partial charge in [-0.3, -0.25) is 9.69 Å². The molecule has 2 rings (SSSR count). The second-order valence-electron chi connectivity index (χ2n) is 4.94. The Morgan fingerprint density at radius 2 is 1.81 bits per heavy atom. The smallest absolute Gasteiger partial charge is 0.236 e. The first-order chi connectivity index (χ1) is 7.74. The fraction of sp³-hybridized carbons (Fsp3) is 0.917. The lowest BCUT2D eigenvalue weighted by molar-refractivity contribution is -0.131. The maximum Gasteiger partial charge on any atom is 0.236 e. The van der Waals surface area contributed by atoms with Crippen LogP contribution in [0.5, 0.6) is 0 Å². The average molecular weight is 225 g/mol. The Morgan fingerprint density at radius 3 is 2.31 bits per heavy atom. The summed E-state index contributed by atoms with van der Waals surface area (Å²) in [5.41, 5.74) is 0. The summed E-state index contributed by atoms with van der Waals surface area (Å²) in [4.78, 5) is 16.2. The van der Waals surface area contributed by atoms with E-state index in [0.29, 0.717) is 6.54 Å².